The van der Waals surface area contributed by atoms with E-state index in [1.165, 1.54) is 0 Å². The van der Waals surface area contributed by atoms with Crippen molar-refractivity contribution < 1.29 is 19.3 Å². The Morgan fingerprint density at radius 1 is 1.14 bits per heavy atom. The van der Waals surface area contributed by atoms with Crippen molar-refractivity contribution in [1.29, 1.82) is 0 Å². The number of aromatic hydroxyl groups is 1. The number of hydrogen-bond donors (Lipinski definition) is 1. The fourth-order valence-electron chi connectivity index (χ4n) is 2.59. The average molecular weight is 298 g/mol. The van der Waals surface area contributed by atoms with Crippen molar-refractivity contribution >= 4 is 0 Å². The highest BCUT2D eigenvalue weighted by molar-refractivity contribution is 5.55. The van der Waals surface area contributed by atoms with Crippen LogP contribution in [0.5, 0.6) is 23.0 Å². The predicted molar refractivity (Wildman–Crippen MR) is 83.9 cm³/mol. The SMILES string of the molecule is C/C=C/[C@H](c1ccc(OC)cc1)c1cc2c(cc1O)OCO2. The van der Waals surface area contributed by atoms with E-state index in [2.05, 4.69) is 0 Å². The van der Waals surface area contributed by atoms with Gasteiger partial charge in [0.25, 0.3) is 0 Å². The van der Waals surface area contributed by atoms with Gasteiger partial charge < -0.3 is 19.3 Å². The van der Waals surface area contributed by atoms with E-state index in [0.717, 1.165) is 16.9 Å². The first kappa shape index (κ1) is 14.3. The summed E-state index contributed by atoms with van der Waals surface area (Å²) < 4.78 is 15.9. The minimum atomic E-state index is -0.0644. The van der Waals surface area contributed by atoms with E-state index in [0.29, 0.717) is 11.5 Å². The monoisotopic (exact) mass is 298 g/mol. The van der Waals surface area contributed by atoms with Gasteiger partial charge in [0.15, 0.2) is 11.5 Å². The minimum absolute atomic E-state index is 0.0644. The third-order valence-electron chi connectivity index (χ3n) is 3.72. The third kappa shape index (κ3) is 2.60. The molecule has 0 saturated carbocycles. The van der Waals surface area contributed by atoms with E-state index >= 15 is 0 Å². The Hall–Kier alpha value is -2.62. The molecule has 2 aromatic rings. The summed E-state index contributed by atoms with van der Waals surface area (Å²) in [7, 11) is 1.64. The molecule has 0 radical (unpaired) electrons. The molecule has 0 amide bonds. The van der Waals surface area contributed by atoms with E-state index in [9.17, 15) is 5.11 Å². The van der Waals surface area contributed by atoms with Crippen molar-refractivity contribution in [3.8, 4) is 23.0 Å². The lowest BCUT2D eigenvalue weighted by atomic mass is 9.90. The summed E-state index contributed by atoms with van der Waals surface area (Å²) in [6.45, 7) is 2.15. The summed E-state index contributed by atoms with van der Waals surface area (Å²) in [6.07, 6.45) is 4.01. The van der Waals surface area contributed by atoms with Gasteiger partial charge in [0.2, 0.25) is 6.79 Å². The first-order valence-electron chi connectivity index (χ1n) is 7.12. The highest BCUT2D eigenvalue weighted by Crippen LogP contribution is 2.42. The van der Waals surface area contributed by atoms with Gasteiger partial charge in [0.05, 0.1) is 7.11 Å². The van der Waals surface area contributed by atoms with Crippen molar-refractivity contribution in [2.75, 3.05) is 13.9 Å². The molecule has 114 valence electrons. The Kier molecular flexibility index (Phi) is 3.92. The molecule has 1 N–H and O–H groups in total. The molecule has 0 bridgehead atoms. The molecule has 3 rings (SSSR count). The lowest BCUT2D eigenvalue weighted by molar-refractivity contribution is 0.174. The molecule has 1 aliphatic rings. The number of phenolic OH excluding ortho intramolecular Hbond substituents is 1. The molecule has 1 heterocycles. The summed E-state index contributed by atoms with van der Waals surface area (Å²) in [5.74, 6) is 2.18. The molecule has 4 heteroatoms. The molecule has 0 aliphatic carbocycles. The van der Waals surface area contributed by atoms with Crippen molar-refractivity contribution in [2.45, 2.75) is 12.8 Å². The third-order valence-corrected chi connectivity index (χ3v) is 3.72. The van der Waals surface area contributed by atoms with Crippen LogP contribution in [0.15, 0.2) is 48.6 Å². The van der Waals surface area contributed by atoms with Crippen LogP contribution in [0.4, 0.5) is 0 Å². The van der Waals surface area contributed by atoms with Crippen molar-refractivity contribution in [1.82, 2.24) is 0 Å². The van der Waals surface area contributed by atoms with Crippen molar-refractivity contribution in [3.63, 3.8) is 0 Å². The maximum atomic E-state index is 10.3. The lowest BCUT2D eigenvalue weighted by Crippen LogP contribution is -1.99. The van der Waals surface area contributed by atoms with Crippen molar-refractivity contribution in [3.05, 3.63) is 59.7 Å². The smallest absolute Gasteiger partial charge is 0.231 e. The van der Waals surface area contributed by atoms with Gasteiger partial charge in [-0.05, 0) is 30.7 Å². The summed E-state index contributed by atoms with van der Waals surface area (Å²) in [6, 6.07) is 11.3. The molecule has 22 heavy (non-hydrogen) atoms. The van der Waals surface area contributed by atoms with E-state index < -0.39 is 0 Å². The van der Waals surface area contributed by atoms with Crippen molar-refractivity contribution in [2.24, 2.45) is 0 Å². The fraction of sp³-hybridized carbons (Fsp3) is 0.222. The van der Waals surface area contributed by atoms with Crippen LogP contribution in [0.1, 0.15) is 24.0 Å². The van der Waals surface area contributed by atoms with E-state index in [1.807, 2.05) is 49.4 Å². The topological polar surface area (TPSA) is 47.9 Å². The van der Waals surface area contributed by atoms with Crippen LogP contribution in [-0.2, 0) is 0 Å². The van der Waals surface area contributed by atoms with E-state index in [1.54, 1.807) is 13.2 Å². The van der Waals surface area contributed by atoms with Gasteiger partial charge in [-0.25, -0.2) is 0 Å². The molecule has 0 aromatic heterocycles. The van der Waals surface area contributed by atoms with Crippen LogP contribution in [0, 0.1) is 0 Å². The van der Waals surface area contributed by atoms with Gasteiger partial charge >= 0.3 is 0 Å². The summed E-state index contributed by atoms with van der Waals surface area (Å²) >= 11 is 0. The molecule has 4 nitrogen and oxygen atoms in total. The minimum Gasteiger partial charge on any atom is -0.507 e. The zero-order valence-electron chi connectivity index (χ0n) is 12.6. The Bertz CT molecular complexity index is 689. The van der Waals surface area contributed by atoms with Gasteiger partial charge in [0, 0.05) is 17.5 Å². The summed E-state index contributed by atoms with van der Waals surface area (Å²) in [5, 5.41) is 10.3. The second kappa shape index (κ2) is 6.02. The van der Waals surface area contributed by atoms with E-state index in [-0.39, 0.29) is 18.5 Å². The van der Waals surface area contributed by atoms with E-state index in [4.69, 9.17) is 14.2 Å². The second-order valence-electron chi connectivity index (χ2n) is 5.04. The number of ether oxygens (including phenoxy) is 3. The number of benzene rings is 2. The molecule has 2 aromatic carbocycles. The molecule has 0 unspecified atom stereocenters. The van der Waals surface area contributed by atoms with Crippen LogP contribution in [-0.4, -0.2) is 19.0 Å². The van der Waals surface area contributed by atoms with Crippen LogP contribution in [0.25, 0.3) is 0 Å². The predicted octanol–water partition coefficient (Wildman–Crippen LogP) is 3.84. The number of phenols is 1. The highest BCUT2D eigenvalue weighted by Gasteiger charge is 2.22. The normalized spacial score (nSPS) is 14.3. The quantitative estimate of drug-likeness (QED) is 0.871. The number of fused-ring (bicyclic) bond motifs is 1. The van der Waals surface area contributed by atoms with Gasteiger partial charge in [-0.15, -0.1) is 0 Å². The summed E-state index contributed by atoms with van der Waals surface area (Å²) in [5.41, 5.74) is 1.85. The number of hydrogen-bond acceptors (Lipinski definition) is 4. The van der Waals surface area contributed by atoms with Gasteiger partial charge in [-0.1, -0.05) is 24.3 Å². The van der Waals surface area contributed by atoms with Crippen LogP contribution in [0.3, 0.4) is 0 Å². The van der Waals surface area contributed by atoms with Gasteiger partial charge in [0.1, 0.15) is 11.5 Å². The standard InChI is InChI=1S/C18H18O4/c1-3-4-14(12-5-7-13(20-2)8-6-12)15-9-17-18(10-16(15)19)22-11-21-17/h3-10,14,19H,11H2,1-2H3/b4-3+/t14-/m1/s1. The number of rotatable bonds is 4. The van der Waals surface area contributed by atoms with Crippen LogP contribution >= 0.6 is 0 Å². The average Bonchev–Trinajstić information content (AvgIpc) is 2.99. The number of methoxy groups -OCH3 is 1. The first-order valence-corrected chi connectivity index (χ1v) is 7.12. The summed E-state index contributed by atoms with van der Waals surface area (Å²) in [4.78, 5) is 0. The molecule has 0 saturated heterocycles. The molecule has 0 spiro atoms. The van der Waals surface area contributed by atoms with Gasteiger partial charge in [-0.3, -0.25) is 0 Å². The molecular weight excluding hydrogens is 280 g/mol. The molecule has 0 fully saturated rings. The van der Waals surface area contributed by atoms with Crippen LogP contribution < -0.4 is 14.2 Å². The maximum absolute atomic E-state index is 10.3. The second-order valence-corrected chi connectivity index (χ2v) is 5.04. The first-order chi connectivity index (χ1) is 10.7. The molecule has 1 aliphatic heterocycles. The Morgan fingerprint density at radius 2 is 1.82 bits per heavy atom. The Labute approximate surface area is 129 Å². The Balaban J connectivity index is 2.04. The zero-order valence-corrected chi connectivity index (χ0v) is 12.6. The van der Waals surface area contributed by atoms with Crippen LogP contribution in [0.2, 0.25) is 0 Å². The maximum Gasteiger partial charge on any atom is 0.231 e. The Morgan fingerprint density at radius 3 is 2.45 bits per heavy atom. The zero-order chi connectivity index (χ0) is 15.5. The molecular formula is C18H18O4. The fourth-order valence-corrected chi connectivity index (χ4v) is 2.59. The molecule has 1 atom stereocenters. The number of allylic oxidation sites excluding steroid dienone is 2. The highest BCUT2D eigenvalue weighted by atomic mass is 16.7. The largest absolute Gasteiger partial charge is 0.507 e. The van der Waals surface area contributed by atoms with Gasteiger partial charge in [-0.2, -0.15) is 0 Å². The lowest BCUT2D eigenvalue weighted by Gasteiger charge is -2.16.